The van der Waals surface area contributed by atoms with Crippen molar-refractivity contribution in [3.8, 4) is 11.5 Å². The molecule has 0 radical (unpaired) electrons. The molecule has 1 amide bonds. The van der Waals surface area contributed by atoms with E-state index >= 15 is 0 Å². The Morgan fingerprint density at radius 2 is 1.91 bits per heavy atom. The molecule has 2 heterocycles. The Morgan fingerprint density at radius 1 is 1.18 bits per heavy atom. The Bertz CT molecular complexity index is 711. The molecular formula is C16H16BrNO3S. The second-order valence-electron chi connectivity index (χ2n) is 5.54. The highest BCUT2D eigenvalue weighted by molar-refractivity contribution is 9.11. The van der Waals surface area contributed by atoms with Gasteiger partial charge < -0.3 is 14.8 Å². The highest BCUT2D eigenvalue weighted by Crippen LogP contribution is 2.34. The molecule has 0 unspecified atom stereocenters. The fraction of sp³-hybridized carbons (Fsp3) is 0.312. The average molecular weight is 382 g/mol. The zero-order chi connectivity index (χ0) is 15.7. The molecule has 0 spiro atoms. The molecule has 1 aromatic heterocycles. The first kappa shape index (κ1) is 15.4. The van der Waals surface area contributed by atoms with Crippen LogP contribution in [0.1, 0.15) is 29.1 Å². The highest BCUT2D eigenvalue weighted by atomic mass is 79.9. The lowest BCUT2D eigenvalue weighted by atomic mass is 9.93. The van der Waals surface area contributed by atoms with Crippen LogP contribution < -0.4 is 14.8 Å². The van der Waals surface area contributed by atoms with Gasteiger partial charge in [0.15, 0.2) is 11.5 Å². The predicted molar refractivity (Wildman–Crippen MR) is 89.9 cm³/mol. The number of amides is 1. The van der Waals surface area contributed by atoms with E-state index in [1.54, 1.807) is 0 Å². The number of nitrogens with one attached hydrogen (secondary N) is 1. The lowest BCUT2D eigenvalue weighted by Gasteiger charge is -2.28. The van der Waals surface area contributed by atoms with Gasteiger partial charge in [0.05, 0.1) is 14.2 Å². The summed E-state index contributed by atoms with van der Waals surface area (Å²) in [7, 11) is 0. The summed E-state index contributed by atoms with van der Waals surface area (Å²) in [4.78, 5) is 13.0. The normalized spacial score (nSPS) is 13.8. The molecule has 0 saturated carbocycles. The smallest absolute Gasteiger partial charge is 0.262 e. The minimum atomic E-state index is -0.511. The topological polar surface area (TPSA) is 47.6 Å². The third kappa shape index (κ3) is 3.13. The van der Waals surface area contributed by atoms with Crippen molar-refractivity contribution in [2.45, 2.75) is 19.4 Å². The first-order chi connectivity index (χ1) is 10.5. The molecule has 2 aromatic rings. The van der Waals surface area contributed by atoms with Gasteiger partial charge in [-0.2, -0.15) is 0 Å². The fourth-order valence-corrected chi connectivity index (χ4v) is 3.57. The second-order valence-corrected chi connectivity index (χ2v) is 8.00. The zero-order valence-electron chi connectivity index (χ0n) is 12.3. The van der Waals surface area contributed by atoms with Gasteiger partial charge in [0, 0.05) is 0 Å². The number of ether oxygens (including phenoxy) is 2. The van der Waals surface area contributed by atoms with Crippen LogP contribution in [0, 0.1) is 0 Å². The average Bonchev–Trinajstić information content (AvgIpc) is 2.93. The standard InChI is InChI=1S/C16H16BrNO3S/c1-16(2,18-15(19)13-5-6-14(17)22-13)10-3-4-11-12(9-10)21-8-7-20-11/h3-6,9H,7-8H2,1-2H3,(H,18,19). The molecule has 4 nitrogen and oxygen atoms in total. The van der Waals surface area contributed by atoms with E-state index in [4.69, 9.17) is 9.47 Å². The van der Waals surface area contributed by atoms with Crippen molar-refractivity contribution < 1.29 is 14.3 Å². The molecule has 6 heteroatoms. The van der Waals surface area contributed by atoms with Gasteiger partial charge >= 0.3 is 0 Å². The van der Waals surface area contributed by atoms with Gasteiger partial charge in [-0.1, -0.05) is 6.07 Å². The molecule has 116 valence electrons. The van der Waals surface area contributed by atoms with Crippen LogP contribution in [-0.2, 0) is 5.54 Å². The van der Waals surface area contributed by atoms with E-state index in [-0.39, 0.29) is 5.91 Å². The molecule has 1 aliphatic heterocycles. The number of thiophene rings is 1. The van der Waals surface area contributed by atoms with E-state index in [2.05, 4.69) is 21.2 Å². The Labute approximate surface area is 141 Å². The zero-order valence-corrected chi connectivity index (χ0v) is 14.7. The third-order valence-corrected chi connectivity index (χ3v) is 5.11. The number of rotatable bonds is 3. The van der Waals surface area contributed by atoms with E-state index in [0.29, 0.717) is 18.1 Å². The minimum absolute atomic E-state index is 0.0874. The minimum Gasteiger partial charge on any atom is -0.486 e. The number of hydrogen-bond acceptors (Lipinski definition) is 4. The Balaban J connectivity index is 1.81. The first-order valence-electron chi connectivity index (χ1n) is 6.94. The number of carbonyl (C=O) groups excluding carboxylic acids is 1. The molecule has 0 bridgehead atoms. The van der Waals surface area contributed by atoms with Crippen molar-refractivity contribution in [3.63, 3.8) is 0 Å². The summed E-state index contributed by atoms with van der Waals surface area (Å²) in [6, 6.07) is 9.46. The molecule has 0 fully saturated rings. The maximum atomic E-state index is 12.4. The number of hydrogen-bond donors (Lipinski definition) is 1. The maximum absolute atomic E-state index is 12.4. The van der Waals surface area contributed by atoms with Crippen LogP contribution in [0.25, 0.3) is 0 Å². The molecular weight excluding hydrogens is 366 g/mol. The van der Waals surface area contributed by atoms with E-state index < -0.39 is 5.54 Å². The van der Waals surface area contributed by atoms with Gasteiger partial charge in [0.1, 0.15) is 13.2 Å². The van der Waals surface area contributed by atoms with Crippen molar-refractivity contribution in [2.75, 3.05) is 13.2 Å². The lowest BCUT2D eigenvalue weighted by Crippen LogP contribution is -2.40. The Morgan fingerprint density at radius 3 is 2.59 bits per heavy atom. The summed E-state index contributed by atoms with van der Waals surface area (Å²) in [6.45, 7) is 5.06. The van der Waals surface area contributed by atoms with Gasteiger partial charge in [-0.05, 0) is 59.6 Å². The molecule has 1 aliphatic rings. The lowest BCUT2D eigenvalue weighted by molar-refractivity contribution is 0.0916. The maximum Gasteiger partial charge on any atom is 0.262 e. The molecule has 0 aliphatic carbocycles. The summed E-state index contributed by atoms with van der Waals surface area (Å²) < 4.78 is 12.1. The summed E-state index contributed by atoms with van der Waals surface area (Å²) >= 11 is 4.79. The predicted octanol–water partition coefficient (Wildman–Crippen LogP) is 3.95. The molecule has 0 saturated heterocycles. The Hall–Kier alpha value is -1.53. The van der Waals surface area contributed by atoms with Crippen LogP contribution >= 0.6 is 27.3 Å². The molecule has 0 atom stereocenters. The quantitative estimate of drug-likeness (QED) is 0.875. The fourth-order valence-electron chi connectivity index (χ4n) is 2.29. The van der Waals surface area contributed by atoms with Gasteiger partial charge in [-0.3, -0.25) is 4.79 Å². The molecule has 1 N–H and O–H groups in total. The van der Waals surface area contributed by atoms with Crippen molar-refractivity contribution in [3.05, 3.63) is 44.6 Å². The second kappa shape index (κ2) is 5.93. The van der Waals surface area contributed by atoms with Gasteiger partial charge in [-0.25, -0.2) is 0 Å². The van der Waals surface area contributed by atoms with E-state index in [9.17, 15) is 4.79 Å². The van der Waals surface area contributed by atoms with Crippen LogP contribution in [0.4, 0.5) is 0 Å². The van der Waals surface area contributed by atoms with Crippen LogP contribution in [0.3, 0.4) is 0 Å². The summed E-state index contributed by atoms with van der Waals surface area (Å²) in [5.74, 6) is 1.39. The largest absolute Gasteiger partial charge is 0.486 e. The van der Waals surface area contributed by atoms with E-state index in [0.717, 1.165) is 20.8 Å². The Kier molecular flexibility index (Phi) is 4.14. The van der Waals surface area contributed by atoms with E-state index in [1.807, 2.05) is 44.2 Å². The van der Waals surface area contributed by atoms with Crippen molar-refractivity contribution >= 4 is 33.2 Å². The number of benzene rings is 1. The van der Waals surface area contributed by atoms with Crippen LogP contribution in [0.2, 0.25) is 0 Å². The van der Waals surface area contributed by atoms with Crippen LogP contribution in [-0.4, -0.2) is 19.1 Å². The van der Waals surface area contributed by atoms with E-state index in [1.165, 1.54) is 11.3 Å². The number of halogens is 1. The highest BCUT2D eigenvalue weighted by Gasteiger charge is 2.26. The van der Waals surface area contributed by atoms with Crippen molar-refractivity contribution in [2.24, 2.45) is 0 Å². The monoisotopic (exact) mass is 381 g/mol. The van der Waals surface area contributed by atoms with Crippen molar-refractivity contribution in [1.82, 2.24) is 5.32 Å². The molecule has 1 aromatic carbocycles. The summed E-state index contributed by atoms with van der Waals surface area (Å²) in [5.41, 5.74) is 0.462. The molecule has 3 rings (SSSR count). The van der Waals surface area contributed by atoms with Crippen LogP contribution in [0.15, 0.2) is 34.1 Å². The first-order valence-corrected chi connectivity index (χ1v) is 8.55. The number of fused-ring (bicyclic) bond motifs is 1. The SMILES string of the molecule is CC(C)(NC(=O)c1ccc(Br)s1)c1ccc2c(c1)OCCO2. The van der Waals surface area contributed by atoms with Gasteiger partial charge in [0.25, 0.3) is 5.91 Å². The van der Waals surface area contributed by atoms with Crippen LogP contribution in [0.5, 0.6) is 11.5 Å². The van der Waals surface area contributed by atoms with Gasteiger partial charge in [0.2, 0.25) is 0 Å². The number of carbonyl (C=O) groups is 1. The third-order valence-electron chi connectivity index (χ3n) is 3.49. The summed E-state index contributed by atoms with van der Waals surface area (Å²) in [5, 5.41) is 3.06. The molecule has 22 heavy (non-hydrogen) atoms. The summed E-state index contributed by atoms with van der Waals surface area (Å²) in [6.07, 6.45) is 0. The van der Waals surface area contributed by atoms with Crippen molar-refractivity contribution in [1.29, 1.82) is 0 Å². The van der Waals surface area contributed by atoms with Gasteiger partial charge in [-0.15, -0.1) is 11.3 Å².